The molecule has 51 heavy (non-hydrogen) atoms. The molecule has 0 amide bonds. The second kappa shape index (κ2) is 10.3. The van der Waals surface area contributed by atoms with E-state index < -0.39 is 0 Å². The number of fused-ring (bicyclic) bond motifs is 15. The summed E-state index contributed by atoms with van der Waals surface area (Å²) in [7, 11) is 0. The van der Waals surface area contributed by atoms with Gasteiger partial charge in [-0.05, 0) is 55.9 Å². The Morgan fingerprint density at radius 1 is 0.373 bits per heavy atom. The number of rotatable bonds is 2. The highest BCUT2D eigenvalue weighted by molar-refractivity contribution is 6.24. The van der Waals surface area contributed by atoms with Crippen LogP contribution in [-0.4, -0.2) is 19.9 Å². The summed E-state index contributed by atoms with van der Waals surface area (Å²) in [6, 6.07) is 47.6. The summed E-state index contributed by atoms with van der Waals surface area (Å²) in [5.74, 6) is 0. The molecule has 0 saturated carbocycles. The predicted octanol–water partition coefficient (Wildman–Crippen LogP) is 11.8. The molecule has 2 aromatic heterocycles. The second-order valence-corrected chi connectivity index (χ2v) is 14.2. The van der Waals surface area contributed by atoms with Gasteiger partial charge in [0.2, 0.25) is 0 Å². The first-order valence-corrected chi connectivity index (χ1v) is 17.5. The molecular formula is C47H30N4. The van der Waals surface area contributed by atoms with E-state index in [1.165, 1.54) is 43.8 Å². The molecule has 0 bridgehead atoms. The van der Waals surface area contributed by atoms with Crippen molar-refractivity contribution in [3.63, 3.8) is 0 Å². The molecule has 0 radical (unpaired) electrons. The molecule has 0 aliphatic heterocycles. The van der Waals surface area contributed by atoms with Gasteiger partial charge in [-0.3, -0.25) is 9.97 Å². The number of benzene rings is 8. The van der Waals surface area contributed by atoms with Crippen LogP contribution < -0.4 is 0 Å². The minimum absolute atomic E-state index is 0.225. The van der Waals surface area contributed by atoms with Crippen molar-refractivity contribution < 1.29 is 0 Å². The third-order valence-corrected chi connectivity index (χ3v) is 11.1. The van der Waals surface area contributed by atoms with Crippen molar-refractivity contribution in [2.75, 3.05) is 0 Å². The summed E-state index contributed by atoms with van der Waals surface area (Å²) >= 11 is 0. The van der Waals surface area contributed by atoms with Gasteiger partial charge in [0.15, 0.2) is 0 Å². The molecule has 0 fully saturated rings. The maximum absolute atomic E-state index is 5.29. The molecule has 10 aromatic rings. The lowest BCUT2D eigenvalue weighted by Crippen LogP contribution is -2.15. The van der Waals surface area contributed by atoms with E-state index in [-0.39, 0.29) is 5.41 Å². The SMILES string of the molecule is CC1(C)c2cc(-c3cnc4c5ccccc5c5ccccc5c4n3)ccc2-c2ccc(-c3cnc4c5ccccc5c5ccccc5c4n3)cc21. The summed E-state index contributed by atoms with van der Waals surface area (Å²) in [5, 5.41) is 9.32. The van der Waals surface area contributed by atoms with Crippen molar-refractivity contribution in [2.24, 2.45) is 0 Å². The van der Waals surface area contributed by atoms with Crippen LogP contribution in [0.2, 0.25) is 0 Å². The average molecular weight is 651 g/mol. The van der Waals surface area contributed by atoms with E-state index in [2.05, 4.69) is 147 Å². The van der Waals surface area contributed by atoms with E-state index in [0.29, 0.717) is 0 Å². The first kappa shape index (κ1) is 28.3. The molecule has 0 atom stereocenters. The normalized spacial score (nSPS) is 13.5. The van der Waals surface area contributed by atoms with Crippen LogP contribution in [0, 0.1) is 0 Å². The lowest BCUT2D eigenvalue weighted by atomic mass is 9.81. The summed E-state index contributed by atoms with van der Waals surface area (Å²) in [4.78, 5) is 20.6. The second-order valence-electron chi connectivity index (χ2n) is 14.2. The molecule has 0 spiro atoms. The fourth-order valence-electron chi connectivity index (χ4n) is 8.58. The van der Waals surface area contributed by atoms with E-state index in [1.807, 2.05) is 12.4 Å². The van der Waals surface area contributed by atoms with Gasteiger partial charge in [-0.25, -0.2) is 9.97 Å². The highest BCUT2D eigenvalue weighted by Gasteiger charge is 2.36. The fraction of sp³-hybridized carbons (Fsp3) is 0.0638. The molecule has 238 valence electrons. The molecule has 8 aromatic carbocycles. The van der Waals surface area contributed by atoms with Gasteiger partial charge in [-0.15, -0.1) is 0 Å². The van der Waals surface area contributed by atoms with Crippen LogP contribution in [0.4, 0.5) is 0 Å². The van der Waals surface area contributed by atoms with Crippen LogP contribution in [0.15, 0.2) is 146 Å². The molecule has 2 heterocycles. The van der Waals surface area contributed by atoms with Crippen molar-refractivity contribution in [2.45, 2.75) is 19.3 Å². The molecule has 4 heteroatoms. The van der Waals surface area contributed by atoms with Crippen molar-refractivity contribution >= 4 is 65.2 Å². The molecule has 4 nitrogen and oxygen atoms in total. The van der Waals surface area contributed by atoms with Gasteiger partial charge in [0.1, 0.15) is 0 Å². The van der Waals surface area contributed by atoms with E-state index in [9.17, 15) is 0 Å². The molecule has 1 aliphatic rings. The zero-order chi connectivity index (χ0) is 33.8. The van der Waals surface area contributed by atoms with Gasteiger partial charge in [0.05, 0.1) is 45.8 Å². The van der Waals surface area contributed by atoms with Crippen molar-refractivity contribution in [1.82, 2.24) is 19.9 Å². The summed E-state index contributed by atoms with van der Waals surface area (Å²) in [6.07, 6.45) is 3.87. The van der Waals surface area contributed by atoms with Gasteiger partial charge in [0, 0.05) is 38.1 Å². The first-order valence-electron chi connectivity index (χ1n) is 17.5. The fourth-order valence-corrected chi connectivity index (χ4v) is 8.58. The van der Waals surface area contributed by atoms with E-state index >= 15 is 0 Å². The smallest absolute Gasteiger partial charge is 0.0979 e. The Morgan fingerprint density at radius 3 is 1.08 bits per heavy atom. The van der Waals surface area contributed by atoms with E-state index in [0.717, 1.165) is 66.1 Å². The number of aromatic nitrogens is 4. The Labute approximate surface area is 294 Å². The molecule has 1 aliphatic carbocycles. The van der Waals surface area contributed by atoms with Gasteiger partial charge < -0.3 is 0 Å². The van der Waals surface area contributed by atoms with Gasteiger partial charge in [0.25, 0.3) is 0 Å². The molecule has 0 saturated heterocycles. The zero-order valence-corrected chi connectivity index (χ0v) is 28.1. The van der Waals surface area contributed by atoms with Crippen LogP contribution >= 0.6 is 0 Å². The van der Waals surface area contributed by atoms with Crippen molar-refractivity contribution in [3.8, 4) is 33.6 Å². The third-order valence-electron chi connectivity index (χ3n) is 11.1. The topological polar surface area (TPSA) is 51.6 Å². The summed E-state index contributed by atoms with van der Waals surface area (Å²) in [6.45, 7) is 4.64. The Balaban J connectivity index is 1.03. The van der Waals surface area contributed by atoms with Crippen LogP contribution in [0.5, 0.6) is 0 Å². The Hall–Kier alpha value is -6.52. The number of hydrogen-bond acceptors (Lipinski definition) is 4. The van der Waals surface area contributed by atoms with Gasteiger partial charge in [-0.2, -0.15) is 0 Å². The summed E-state index contributed by atoms with van der Waals surface area (Å²) < 4.78 is 0. The van der Waals surface area contributed by atoms with Crippen LogP contribution in [0.25, 0.3) is 98.8 Å². The molecular weight excluding hydrogens is 621 g/mol. The quantitative estimate of drug-likeness (QED) is 0.175. The number of hydrogen-bond donors (Lipinski definition) is 0. The van der Waals surface area contributed by atoms with Crippen LogP contribution in [0.1, 0.15) is 25.0 Å². The highest BCUT2D eigenvalue weighted by atomic mass is 14.8. The number of nitrogens with zero attached hydrogens (tertiary/aromatic N) is 4. The third kappa shape index (κ3) is 3.96. The minimum Gasteiger partial charge on any atom is -0.252 e. The molecule has 0 N–H and O–H groups in total. The monoisotopic (exact) mass is 650 g/mol. The summed E-state index contributed by atoms with van der Waals surface area (Å²) in [5.41, 5.74) is 12.5. The van der Waals surface area contributed by atoms with Crippen molar-refractivity contribution in [3.05, 3.63) is 157 Å². The predicted molar refractivity (Wildman–Crippen MR) is 211 cm³/mol. The first-order chi connectivity index (χ1) is 25.0. The van der Waals surface area contributed by atoms with Gasteiger partial charge in [-0.1, -0.05) is 135 Å². The average Bonchev–Trinajstić information content (AvgIpc) is 3.42. The molecule has 0 unspecified atom stereocenters. The molecule has 11 rings (SSSR count). The maximum Gasteiger partial charge on any atom is 0.0979 e. The highest BCUT2D eigenvalue weighted by Crippen LogP contribution is 2.50. The lowest BCUT2D eigenvalue weighted by Gasteiger charge is -2.22. The largest absolute Gasteiger partial charge is 0.252 e. The van der Waals surface area contributed by atoms with E-state index in [4.69, 9.17) is 19.9 Å². The standard InChI is InChI=1S/C47H30N4/c1-47(2)39-23-27(41-25-48-43-35-15-7-3-11-29(35)31-13-5-9-17-37(31)45(43)50-41)19-21-33(39)34-22-20-28(24-40(34)47)42-26-49-44-36-16-8-4-12-30(36)32-14-6-10-18-38(32)46(44)51-42/h3-26H,1-2H3. The Kier molecular flexibility index (Phi) is 5.70. The van der Waals surface area contributed by atoms with Gasteiger partial charge >= 0.3 is 0 Å². The zero-order valence-electron chi connectivity index (χ0n) is 28.1. The maximum atomic E-state index is 5.29. The van der Waals surface area contributed by atoms with Crippen LogP contribution in [-0.2, 0) is 5.41 Å². The Morgan fingerprint density at radius 2 is 0.706 bits per heavy atom. The van der Waals surface area contributed by atoms with Crippen molar-refractivity contribution in [1.29, 1.82) is 0 Å². The lowest BCUT2D eigenvalue weighted by molar-refractivity contribution is 0.661. The minimum atomic E-state index is -0.225. The van der Waals surface area contributed by atoms with Crippen LogP contribution in [0.3, 0.4) is 0 Å². The Bertz CT molecular complexity index is 2840. The van der Waals surface area contributed by atoms with E-state index in [1.54, 1.807) is 0 Å².